The number of nitrogens with two attached hydrogens (primary N) is 1. The summed E-state index contributed by atoms with van der Waals surface area (Å²) < 4.78 is 29.8. The summed E-state index contributed by atoms with van der Waals surface area (Å²) in [4.78, 5) is 21.6. The molecule has 3 heterocycles. The van der Waals surface area contributed by atoms with Gasteiger partial charge in [-0.15, -0.1) is 0 Å². The van der Waals surface area contributed by atoms with Gasteiger partial charge in [-0.2, -0.15) is 0 Å². The molecule has 7 nitrogen and oxygen atoms in total. The Morgan fingerprint density at radius 2 is 2.06 bits per heavy atom. The van der Waals surface area contributed by atoms with Crippen molar-refractivity contribution >= 4 is 27.9 Å². The van der Waals surface area contributed by atoms with E-state index in [0.29, 0.717) is 22.8 Å². The quantitative estimate of drug-likeness (QED) is 0.552. The maximum Gasteiger partial charge on any atom is 0.274 e. The molecule has 1 aromatic carbocycles. The van der Waals surface area contributed by atoms with E-state index in [1.807, 2.05) is 40.7 Å². The lowest BCUT2D eigenvalue weighted by molar-refractivity contribution is 0.102. The zero-order chi connectivity index (χ0) is 23.4. The molecule has 5 N–H and O–H groups in total. The third kappa shape index (κ3) is 3.89. The van der Waals surface area contributed by atoms with Crippen molar-refractivity contribution in [3.05, 3.63) is 58.7 Å². The van der Waals surface area contributed by atoms with E-state index in [1.54, 1.807) is 12.3 Å². The van der Waals surface area contributed by atoms with Crippen LogP contribution in [0.2, 0.25) is 0 Å². The number of aliphatic imine (C=N–C) groups is 1. The Kier molecular flexibility index (Phi) is 5.55. The lowest BCUT2D eigenvalue weighted by Gasteiger charge is -2.43. The van der Waals surface area contributed by atoms with Crippen molar-refractivity contribution in [2.45, 2.75) is 51.4 Å². The standard InChI is InChI=1S/C23H30FN5O2S/c1-12-8-13(2)19(26-10-12)22(30)27-15-6-7-17(24)16(9-15)20-21-14(3)23(4,5)29-32(21,31)11-18(25)28-20/h6-10,14,20-21,29,31H,11H2,1-5H3,(H2,25,28)(H,27,30)/t14?,20-,21+/m1/s1. The second-order valence-corrected chi connectivity index (χ2v) is 12.0. The van der Waals surface area contributed by atoms with Crippen LogP contribution in [0.15, 0.2) is 35.5 Å². The molecule has 4 rings (SSSR count). The van der Waals surface area contributed by atoms with E-state index in [0.717, 1.165) is 11.1 Å². The fraction of sp³-hybridized carbons (Fsp3) is 0.435. The molecule has 1 fully saturated rings. The number of carbonyl (C=O) groups is 1. The maximum atomic E-state index is 15.0. The van der Waals surface area contributed by atoms with Gasteiger partial charge in [0.05, 0.1) is 17.0 Å². The number of halogens is 1. The molecule has 0 saturated carbocycles. The van der Waals surface area contributed by atoms with E-state index in [4.69, 9.17) is 5.73 Å². The third-order valence-corrected chi connectivity index (χ3v) is 9.69. The number of anilines is 1. The van der Waals surface area contributed by atoms with Crippen LogP contribution in [0.3, 0.4) is 0 Å². The normalized spacial score (nSPS) is 30.7. The number of fused-ring (bicyclic) bond motifs is 1. The number of aromatic nitrogens is 1. The van der Waals surface area contributed by atoms with Gasteiger partial charge in [0, 0.05) is 23.0 Å². The van der Waals surface area contributed by atoms with Crippen molar-refractivity contribution in [3.63, 3.8) is 0 Å². The number of nitrogens with one attached hydrogen (secondary N) is 2. The topological polar surface area (TPSA) is 113 Å². The zero-order valence-corrected chi connectivity index (χ0v) is 19.8. The highest BCUT2D eigenvalue weighted by molar-refractivity contribution is 8.28. The number of amidine groups is 1. The van der Waals surface area contributed by atoms with Gasteiger partial charge >= 0.3 is 0 Å². The van der Waals surface area contributed by atoms with Crippen LogP contribution in [0, 0.1) is 25.6 Å². The predicted molar refractivity (Wildman–Crippen MR) is 128 cm³/mol. The number of pyridine rings is 1. The molecular weight excluding hydrogens is 429 g/mol. The van der Waals surface area contributed by atoms with Crippen LogP contribution in [-0.4, -0.2) is 37.8 Å². The van der Waals surface area contributed by atoms with Crippen molar-refractivity contribution in [2.75, 3.05) is 11.1 Å². The summed E-state index contributed by atoms with van der Waals surface area (Å²) in [6.45, 7) is 9.83. The molecule has 1 amide bonds. The van der Waals surface area contributed by atoms with Gasteiger partial charge < -0.3 is 15.6 Å². The monoisotopic (exact) mass is 459 g/mol. The molecule has 1 saturated heterocycles. The second kappa shape index (κ2) is 7.83. The van der Waals surface area contributed by atoms with Gasteiger partial charge in [0.25, 0.3) is 5.91 Å². The molecule has 0 aliphatic carbocycles. The van der Waals surface area contributed by atoms with Crippen molar-refractivity contribution in [1.82, 2.24) is 9.71 Å². The van der Waals surface area contributed by atoms with E-state index >= 15 is 4.39 Å². The van der Waals surface area contributed by atoms with Crippen molar-refractivity contribution in [3.8, 4) is 0 Å². The second-order valence-electron chi connectivity index (χ2n) is 9.41. The summed E-state index contributed by atoms with van der Waals surface area (Å²) >= 11 is 0. The Balaban J connectivity index is 1.69. The minimum Gasteiger partial charge on any atom is -0.387 e. The molecule has 4 atom stereocenters. The highest BCUT2D eigenvalue weighted by Gasteiger charge is 2.56. The van der Waals surface area contributed by atoms with Crippen LogP contribution in [0.4, 0.5) is 10.1 Å². The van der Waals surface area contributed by atoms with E-state index in [-0.39, 0.29) is 28.4 Å². The molecule has 9 heteroatoms. The first kappa shape index (κ1) is 22.7. The number of hydrogen-bond donors (Lipinski definition) is 4. The van der Waals surface area contributed by atoms with Gasteiger partial charge in [0.1, 0.15) is 17.3 Å². The SMILES string of the molecule is Cc1cnc(C(=O)Nc2ccc(F)c([C@H]3N=C(N)CS4(O)NC(C)(C)C(C)[C@@H]34)c2)c(C)c1. The number of aryl methyl sites for hydroxylation is 2. The Bertz CT molecular complexity index is 1120. The third-order valence-electron chi connectivity index (χ3n) is 6.51. The lowest BCUT2D eigenvalue weighted by Crippen LogP contribution is -2.40. The Labute approximate surface area is 189 Å². The molecule has 32 heavy (non-hydrogen) atoms. The average molecular weight is 460 g/mol. The van der Waals surface area contributed by atoms with E-state index < -0.39 is 22.4 Å². The maximum absolute atomic E-state index is 15.0. The Morgan fingerprint density at radius 1 is 1.34 bits per heavy atom. The van der Waals surface area contributed by atoms with Crippen LogP contribution in [0.5, 0.6) is 0 Å². The first-order chi connectivity index (χ1) is 14.9. The largest absolute Gasteiger partial charge is 0.387 e. The summed E-state index contributed by atoms with van der Waals surface area (Å²) in [5.41, 5.74) is 8.52. The molecule has 0 radical (unpaired) electrons. The number of nitrogens with zero attached hydrogens (tertiary/aromatic N) is 2. The first-order valence-electron chi connectivity index (χ1n) is 10.6. The highest BCUT2D eigenvalue weighted by Crippen LogP contribution is 2.63. The molecule has 0 spiro atoms. The van der Waals surface area contributed by atoms with E-state index in [1.165, 1.54) is 12.1 Å². The molecular formula is C23H30FN5O2S. The van der Waals surface area contributed by atoms with E-state index in [2.05, 4.69) is 20.0 Å². The van der Waals surface area contributed by atoms with Crippen molar-refractivity contribution in [1.29, 1.82) is 0 Å². The van der Waals surface area contributed by atoms with Crippen LogP contribution < -0.4 is 15.8 Å². The van der Waals surface area contributed by atoms with Crippen molar-refractivity contribution < 1.29 is 13.7 Å². The van der Waals surface area contributed by atoms with Gasteiger partial charge in [-0.3, -0.25) is 19.5 Å². The molecule has 172 valence electrons. The van der Waals surface area contributed by atoms with Gasteiger partial charge in [0.15, 0.2) is 0 Å². The number of amides is 1. The average Bonchev–Trinajstić information content (AvgIpc) is 2.86. The number of hydrogen-bond acceptors (Lipinski definition) is 6. The fourth-order valence-corrected chi connectivity index (χ4v) is 8.41. The first-order valence-corrected chi connectivity index (χ1v) is 12.4. The zero-order valence-electron chi connectivity index (χ0n) is 18.9. The lowest BCUT2D eigenvalue weighted by atomic mass is 9.83. The molecule has 1 aromatic heterocycles. The molecule has 2 aromatic rings. The minimum absolute atomic E-state index is 0.0291. The molecule has 2 aliphatic heterocycles. The van der Waals surface area contributed by atoms with Crippen LogP contribution >= 0.6 is 10.5 Å². The summed E-state index contributed by atoms with van der Waals surface area (Å²) in [5.74, 6) is -0.227. The van der Waals surface area contributed by atoms with Gasteiger partial charge in [-0.1, -0.05) is 23.5 Å². The highest BCUT2D eigenvalue weighted by atomic mass is 32.3. The Hall–Kier alpha value is -2.49. The number of benzene rings is 1. The number of carbonyl (C=O) groups excluding carboxylic acids is 1. The summed E-state index contributed by atoms with van der Waals surface area (Å²) in [7, 11) is -2.32. The van der Waals surface area contributed by atoms with Crippen LogP contribution in [0.1, 0.15) is 54.0 Å². The Morgan fingerprint density at radius 3 is 2.75 bits per heavy atom. The van der Waals surface area contributed by atoms with E-state index in [9.17, 15) is 9.35 Å². The van der Waals surface area contributed by atoms with Gasteiger partial charge in [-0.05, 0) is 62.9 Å². The molecule has 0 bridgehead atoms. The molecule has 2 unspecified atom stereocenters. The molecule has 2 aliphatic rings. The van der Waals surface area contributed by atoms with Gasteiger partial charge in [-0.25, -0.2) is 4.39 Å². The summed E-state index contributed by atoms with van der Waals surface area (Å²) in [5, 5.41) is 2.51. The van der Waals surface area contributed by atoms with Gasteiger partial charge in [0.2, 0.25) is 0 Å². The van der Waals surface area contributed by atoms with Crippen molar-refractivity contribution in [2.24, 2.45) is 16.6 Å². The smallest absolute Gasteiger partial charge is 0.274 e. The fourth-order valence-electron chi connectivity index (χ4n) is 4.74. The predicted octanol–water partition coefficient (Wildman–Crippen LogP) is 4.08. The summed E-state index contributed by atoms with van der Waals surface area (Å²) in [6, 6.07) is 5.64. The minimum atomic E-state index is -2.32. The van der Waals surface area contributed by atoms with Crippen LogP contribution in [0.25, 0.3) is 0 Å². The summed E-state index contributed by atoms with van der Waals surface area (Å²) in [6.07, 6.45) is 1.64. The van der Waals surface area contributed by atoms with Crippen LogP contribution in [-0.2, 0) is 0 Å². The number of rotatable bonds is 3.